The fourth-order valence-corrected chi connectivity index (χ4v) is 4.15. The minimum atomic E-state index is -0.189. The van der Waals surface area contributed by atoms with Gasteiger partial charge < -0.3 is 15.0 Å². The number of anilines is 2. The Morgan fingerprint density at radius 3 is 2.50 bits per heavy atom. The number of rotatable bonds is 6. The third-order valence-electron chi connectivity index (χ3n) is 4.62. The molecular weight excluding hydrogens is 398 g/mol. The Balaban J connectivity index is 1.28. The highest BCUT2D eigenvalue weighted by atomic mass is 32.2. The maximum atomic E-state index is 12.7. The highest BCUT2D eigenvalue weighted by Gasteiger charge is 2.22. The van der Waals surface area contributed by atoms with Crippen molar-refractivity contribution in [1.82, 2.24) is 4.98 Å². The molecule has 0 atom stereocenters. The van der Waals surface area contributed by atoms with E-state index >= 15 is 0 Å². The normalized spacial score (nSPS) is 12.7. The van der Waals surface area contributed by atoms with Crippen molar-refractivity contribution in [3.05, 3.63) is 73.1 Å². The van der Waals surface area contributed by atoms with Crippen molar-refractivity contribution in [2.45, 2.75) is 17.7 Å². The Labute approximate surface area is 179 Å². The summed E-state index contributed by atoms with van der Waals surface area (Å²) in [4.78, 5) is 31.8. The predicted molar refractivity (Wildman–Crippen MR) is 118 cm³/mol. The molecule has 1 N–H and O–H groups in total. The van der Waals surface area contributed by atoms with Gasteiger partial charge >= 0.3 is 0 Å². The number of para-hydroxylation sites is 1. The van der Waals surface area contributed by atoms with E-state index in [-0.39, 0.29) is 24.7 Å². The number of fused-ring (bicyclic) bond motifs is 1. The molecule has 1 aliphatic rings. The highest BCUT2D eigenvalue weighted by molar-refractivity contribution is 7.99. The van der Waals surface area contributed by atoms with Crippen molar-refractivity contribution in [2.24, 2.45) is 0 Å². The molecule has 0 fully saturated rings. The van der Waals surface area contributed by atoms with Crippen LogP contribution in [0.4, 0.5) is 11.4 Å². The largest absolute Gasteiger partial charge is 0.457 e. The zero-order chi connectivity index (χ0) is 20.8. The van der Waals surface area contributed by atoms with Crippen LogP contribution in [0.3, 0.4) is 0 Å². The van der Waals surface area contributed by atoms with Crippen LogP contribution in [-0.4, -0.2) is 29.1 Å². The van der Waals surface area contributed by atoms with Gasteiger partial charge in [0.05, 0.1) is 5.69 Å². The average Bonchev–Trinajstić information content (AvgIpc) is 2.79. The molecule has 0 unspecified atom stereocenters. The Hall–Kier alpha value is -3.32. The summed E-state index contributed by atoms with van der Waals surface area (Å²) in [5.41, 5.74) is 1.60. The number of thioether (sulfide) groups is 1. The molecule has 2 amide bonds. The second kappa shape index (κ2) is 9.45. The van der Waals surface area contributed by atoms with Crippen LogP contribution in [0.2, 0.25) is 0 Å². The van der Waals surface area contributed by atoms with E-state index < -0.39 is 0 Å². The van der Waals surface area contributed by atoms with Crippen LogP contribution in [0, 0.1) is 0 Å². The number of nitrogens with one attached hydrogen (secondary N) is 1. The Bertz CT molecular complexity index is 1030. The number of amides is 2. The summed E-state index contributed by atoms with van der Waals surface area (Å²) in [6, 6.07) is 18.5. The quantitative estimate of drug-likeness (QED) is 0.625. The fourth-order valence-electron chi connectivity index (χ4n) is 3.16. The molecule has 30 heavy (non-hydrogen) atoms. The Kier molecular flexibility index (Phi) is 6.29. The summed E-state index contributed by atoms with van der Waals surface area (Å²) in [6.45, 7) is 0.668. The minimum Gasteiger partial charge on any atom is -0.457 e. The average molecular weight is 420 g/mol. The number of hydrogen-bond acceptors (Lipinski definition) is 5. The van der Waals surface area contributed by atoms with Crippen molar-refractivity contribution >= 4 is 35.0 Å². The van der Waals surface area contributed by atoms with E-state index in [2.05, 4.69) is 10.3 Å². The first kappa shape index (κ1) is 20.0. The van der Waals surface area contributed by atoms with Gasteiger partial charge in [-0.1, -0.05) is 12.1 Å². The van der Waals surface area contributed by atoms with Crippen LogP contribution in [0.1, 0.15) is 12.8 Å². The number of carbonyl (C=O) groups excluding carboxylic acids is 2. The minimum absolute atomic E-state index is 0.0287. The van der Waals surface area contributed by atoms with Gasteiger partial charge in [-0.05, 0) is 48.5 Å². The van der Waals surface area contributed by atoms with E-state index in [0.717, 1.165) is 16.3 Å². The van der Waals surface area contributed by atoms with E-state index in [1.807, 2.05) is 24.3 Å². The van der Waals surface area contributed by atoms with Crippen LogP contribution in [-0.2, 0) is 9.59 Å². The summed E-state index contributed by atoms with van der Waals surface area (Å²) in [7, 11) is 0. The van der Waals surface area contributed by atoms with Gasteiger partial charge in [0.1, 0.15) is 11.5 Å². The van der Waals surface area contributed by atoms with Crippen molar-refractivity contribution in [2.75, 3.05) is 22.5 Å². The second-order valence-corrected chi connectivity index (χ2v) is 7.86. The zero-order valence-corrected chi connectivity index (χ0v) is 17.1. The van der Waals surface area contributed by atoms with Gasteiger partial charge in [-0.15, -0.1) is 11.8 Å². The number of benzene rings is 2. The molecule has 0 radical (unpaired) electrons. The van der Waals surface area contributed by atoms with Gasteiger partial charge in [0.15, 0.2) is 0 Å². The monoisotopic (exact) mass is 419 g/mol. The van der Waals surface area contributed by atoms with Crippen molar-refractivity contribution in [3.63, 3.8) is 0 Å². The molecule has 0 aliphatic carbocycles. The van der Waals surface area contributed by atoms with E-state index in [0.29, 0.717) is 23.7 Å². The first-order valence-electron chi connectivity index (χ1n) is 9.69. The predicted octanol–water partition coefficient (Wildman–Crippen LogP) is 4.73. The molecule has 152 valence electrons. The molecule has 1 aromatic heterocycles. The lowest BCUT2D eigenvalue weighted by Gasteiger charge is -2.29. The van der Waals surface area contributed by atoms with Crippen LogP contribution < -0.4 is 15.0 Å². The molecule has 3 aromatic rings. The van der Waals surface area contributed by atoms with E-state index in [9.17, 15) is 9.59 Å². The van der Waals surface area contributed by atoms with Crippen molar-refractivity contribution in [3.8, 4) is 11.5 Å². The molecule has 6 nitrogen and oxygen atoms in total. The van der Waals surface area contributed by atoms with Gasteiger partial charge in [-0.2, -0.15) is 0 Å². The topological polar surface area (TPSA) is 71.5 Å². The van der Waals surface area contributed by atoms with E-state index in [4.69, 9.17) is 4.74 Å². The maximum Gasteiger partial charge on any atom is 0.227 e. The number of ether oxygens (including phenoxy) is 1. The number of aromatic nitrogens is 1. The number of carbonyl (C=O) groups is 2. The number of hydrogen-bond donors (Lipinski definition) is 1. The van der Waals surface area contributed by atoms with Crippen LogP contribution in [0.25, 0.3) is 0 Å². The SMILES string of the molecule is O=C(CCC(=O)N1CCSc2ccccc21)Nc1ccc(Oc2ccncc2)cc1. The summed E-state index contributed by atoms with van der Waals surface area (Å²) < 4.78 is 5.71. The zero-order valence-electron chi connectivity index (χ0n) is 16.3. The van der Waals surface area contributed by atoms with Crippen molar-refractivity contribution in [1.29, 1.82) is 0 Å². The van der Waals surface area contributed by atoms with Crippen molar-refractivity contribution < 1.29 is 14.3 Å². The molecule has 0 spiro atoms. The Morgan fingerprint density at radius 1 is 0.967 bits per heavy atom. The molecule has 0 saturated heterocycles. The van der Waals surface area contributed by atoms with Gasteiger partial charge in [-0.25, -0.2) is 0 Å². The lowest BCUT2D eigenvalue weighted by molar-refractivity contribution is -0.122. The standard InChI is InChI=1S/C23H21N3O3S/c27-22(9-10-23(28)26-15-16-30-21-4-2-1-3-20(21)26)25-17-5-7-18(8-6-17)29-19-11-13-24-14-12-19/h1-8,11-14H,9-10,15-16H2,(H,25,27). The summed E-state index contributed by atoms with van der Waals surface area (Å²) >= 11 is 1.75. The first-order valence-corrected chi connectivity index (χ1v) is 10.7. The van der Waals surface area contributed by atoms with Gasteiger partial charge in [-0.3, -0.25) is 14.6 Å². The Morgan fingerprint density at radius 2 is 1.70 bits per heavy atom. The van der Waals surface area contributed by atoms with E-state index in [1.165, 1.54) is 0 Å². The van der Waals surface area contributed by atoms with Crippen LogP contribution >= 0.6 is 11.8 Å². The molecule has 2 aromatic carbocycles. The van der Waals surface area contributed by atoms with Gasteiger partial charge in [0.25, 0.3) is 0 Å². The molecule has 4 rings (SSSR count). The molecule has 7 heteroatoms. The molecule has 0 saturated carbocycles. The lowest BCUT2D eigenvalue weighted by atomic mass is 10.2. The van der Waals surface area contributed by atoms with Gasteiger partial charge in [0.2, 0.25) is 11.8 Å². The number of pyridine rings is 1. The molecule has 1 aliphatic heterocycles. The van der Waals surface area contributed by atoms with E-state index in [1.54, 1.807) is 65.5 Å². The first-order chi connectivity index (χ1) is 14.7. The van der Waals surface area contributed by atoms with Crippen LogP contribution in [0.5, 0.6) is 11.5 Å². The molecule has 2 heterocycles. The van der Waals surface area contributed by atoms with Gasteiger partial charge in [0, 0.05) is 48.1 Å². The number of nitrogens with zero attached hydrogens (tertiary/aromatic N) is 2. The maximum absolute atomic E-state index is 12.7. The molecular formula is C23H21N3O3S. The summed E-state index contributed by atoms with van der Waals surface area (Å²) in [5, 5.41) is 2.83. The third kappa shape index (κ3) is 4.99. The lowest BCUT2D eigenvalue weighted by Crippen LogP contribution is -2.35. The summed E-state index contributed by atoms with van der Waals surface area (Å²) in [5.74, 6) is 2.00. The highest BCUT2D eigenvalue weighted by Crippen LogP contribution is 2.34. The van der Waals surface area contributed by atoms with Crippen LogP contribution in [0.15, 0.2) is 78.0 Å². The summed E-state index contributed by atoms with van der Waals surface area (Å²) in [6.07, 6.45) is 3.63. The molecule has 0 bridgehead atoms. The second-order valence-electron chi connectivity index (χ2n) is 6.72. The fraction of sp³-hybridized carbons (Fsp3) is 0.174. The third-order valence-corrected chi connectivity index (χ3v) is 5.66. The smallest absolute Gasteiger partial charge is 0.227 e.